The van der Waals surface area contributed by atoms with E-state index in [1.807, 2.05) is 65.6 Å². The van der Waals surface area contributed by atoms with Crippen molar-refractivity contribution >= 4 is 29.9 Å². The van der Waals surface area contributed by atoms with Crippen molar-refractivity contribution in [3.63, 3.8) is 0 Å². The second-order valence-electron chi connectivity index (χ2n) is 7.04. The molecule has 1 atom stereocenters. The molecule has 160 valence electrons. The standard InChI is InChI=1S/C23H29N5O.HI/c1-19(17-29-18-20-9-5-3-6-10-20)13-25-23(24-2)26-14-21-15-27-28(16-21)22-11-7-4-8-12-22;/h3-12,15-16,19H,13-14,17-18H2,1-2H3,(H2,24,25,26);1H. The number of para-hydroxylation sites is 1. The van der Waals surface area contributed by atoms with Crippen LogP contribution in [0.15, 0.2) is 78.0 Å². The Morgan fingerprint density at radius 1 is 1.03 bits per heavy atom. The van der Waals surface area contributed by atoms with Crippen molar-refractivity contribution in [3.8, 4) is 5.69 Å². The number of benzene rings is 2. The average Bonchev–Trinajstić information content (AvgIpc) is 3.24. The van der Waals surface area contributed by atoms with E-state index in [2.05, 4.69) is 39.8 Å². The Balaban J connectivity index is 0.00000320. The van der Waals surface area contributed by atoms with Gasteiger partial charge < -0.3 is 15.4 Å². The molecule has 0 bridgehead atoms. The number of hydrogen-bond acceptors (Lipinski definition) is 3. The number of halogens is 1. The van der Waals surface area contributed by atoms with Gasteiger partial charge in [-0.25, -0.2) is 4.68 Å². The summed E-state index contributed by atoms with van der Waals surface area (Å²) in [5.41, 5.74) is 3.34. The number of nitrogens with one attached hydrogen (secondary N) is 2. The normalized spacial score (nSPS) is 12.1. The number of nitrogens with zero attached hydrogens (tertiary/aromatic N) is 3. The van der Waals surface area contributed by atoms with Crippen LogP contribution in [0.4, 0.5) is 0 Å². The van der Waals surface area contributed by atoms with Crippen molar-refractivity contribution in [2.75, 3.05) is 20.2 Å². The number of aromatic nitrogens is 2. The van der Waals surface area contributed by atoms with Gasteiger partial charge in [0.1, 0.15) is 0 Å². The third-order valence-electron chi connectivity index (χ3n) is 4.47. The molecule has 30 heavy (non-hydrogen) atoms. The largest absolute Gasteiger partial charge is 0.376 e. The highest BCUT2D eigenvalue weighted by Gasteiger charge is 2.06. The van der Waals surface area contributed by atoms with E-state index in [1.54, 1.807) is 7.05 Å². The lowest BCUT2D eigenvalue weighted by Gasteiger charge is -2.16. The van der Waals surface area contributed by atoms with Crippen LogP contribution in [0.25, 0.3) is 5.69 Å². The van der Waals surface area contributed by atoms with Gasteiger partial charge in [0.25, 0.3) is 0 Å². The topological polar surface area (TPSA) is 63.5 Å². The summed E-state index contributed by atoms with van der Waals surface area (Å²) >= 11 is 0. The zero-order valence-corrected chi connectivity index (χ0v) is 19.8. The summed E-state index contributed by atoms with van der Waals surface area (Å²) in [5, 5.41) is 11.1. The monoisotopic (exact) mass is 519 g/mol. The van der Waals surface area contributed by atoms with Crippen LogP contribution in [0.3, 0.4) is 0 Å². The van der Waals surface area contributed by atoms with Gasteiger partial charge in [-0.15, -0.1) is 24.0 Å². The van der Waals surface area contributed by atoms with Gasteiger partial charge in [0.05, 0.1) is 25.1 Å². The molecule has 0 spiro atoms. The first kappa shape index (κ1) is 23.9. The molecular formula is C23H30IN5O. The maximum Gasteiger partial charge on any atom is 0.191 e. The fourth-order valence-electron chi connectivity index (χ4n) is 2.86. The van der Waals surface area contributed by atoms with E-state index in [4.69, 9.17) is 4.74 Å². The van der Waals surface area contributed by atoms with Gasteiger partial charge in [0.2, 0.25) is 0 Å². The SMILES string of the molecule is CN=C(NCc1cnn(-c2ccccc2)c1)NCC(C)COCc1ccccc1.I. The first-order valence-electron chi connectivity index (χ1n) is 9.89. The van der Waals surface area contributed by atoms with E-state index in [0.717, 1.165) is 23.8 Å². The van der Waals surface area contributed by atoms with Crippen molar-refractivity contribution in [2.24, 2.45) is 10.9 Å². The molecule has 1 unspecified atom stereocenters. The summed E-state index contributed by atoms with van der Waals surface area (Å²) in [6.07, 6.45) is 3.89. The predicted molar refractivity (Wildman–Crippen MR) is 132 cm³/mol. The Bertz CT molecular complexity index is 883. The summed E-state index contributed by atoms with van der Waals surface area (Å²) in [6, 6.07) is 20.3. The minimum Gasteiger partial charge on any atom is -0.376 e. The van der Waals surface area contributed by atoms with E-state index >= 15 is 0 Å². The maximum atomic E-state index is 5.81. The van der Waals surface area contributed by atoms with Gasteiger partial charge in [-0.2, -0.15) is 5.10 Å². The number of guanidine groups is 1. The zero-order chi connectivity index (χ0) is 20.3. The molecule has 2 N–H and O–H groups in total. The molecule has 0 aliphatic carbocycles. The third-order valence-corrected chi connectivity index (χ3v) is 4.47. The Morgan fingerprint density at radius 2 is 1.73 bits per heavy atom. The predicted octanol–water partition coefficient (Wildman–Crippen LogP) is 4.01. The lowest BCUT2D eigenvalue weighted by Crippen LogP contribution is -2.39. The molecule has 0 radical (unpaired) electrons. The van der Waals surface area contributed by atoms with Crippen molar-refractivity contribution < 1.29 is 4.74 Å². The highest BCUT2D eigenvalue weighted by molar-refractivity contribution is 14.0. The Hall–Kier alpha value is -2.39. The summed E-state index contributed by atoms with van der Waals surface area (Å²) in [4.78, 5) is 4.29. The van der Waals surface area contributed by atoms with Crippen LogP contribution in [0.1, 0.15) is 18.1 Å². The van der Waals surface area contributed by atoms with Crippen LogP contribution < -0.4 is 10.6 Å². The van der Waals surface area contributed by atoms with Crippen LogP contribution in [-0.4, -0.2) is 35.9 Å². The lowest BCUT2D eigenvalue weighted by molar-refractivity contribution is 0.0931. The number of aliphatic imine (C=N–C) groups is 1. The molecule has 3 aromatic rings. The third kappa shape index (κ3) is 7.79. The molecule has 0 amide bonds. The fourth-order valence-corrected chi connectivity index (χ4v) is 2.86. The molecular weight excluding hydrogens is 489 g/mol. The number of ether oxygens (including phenoxy) is 1. The molecule has 7 heteroatoms. The van der Waals surface area contributed by atoms with E-state index in [9.17, 15) is 0 Å². The van der Waals surface area contributed by atoms with Gasteiger partial charge in [0.15, 0.2) is 5.96 Å². The number of rotatable bonds is 9. The maximum absolute atomic E-state index is 5.81. The number of hydrogen-bond donors (Lipinski definition) is 2. The second kappa shape index (κ2) is 13.0. The average molecular weight is 519 g/mol. The van der Waals surface area contributed by atoms with Crippen molar-refractivity contribution in [1.29, 1.82) is 0 Å². The lowest BCUT2D eigenvalue weighted by atomic mass is 10.2. The van der Waals surface area contributed by atoms with E-state index in [0.29, 0.717) is 25.7 Å². The Morgan fingerprint density at radius 3 is 2.43 bits per heavy atom. The molecule has 0 aliphatic rings. The summed E-state index contributed by atoms with van der Waals surface area (Å²) < 4.78 is 7.68. The Labute approximate surface area is 195 Å². The minimum atomic E-state index is 0. The first-order valence-corrected chi connectivity index (χ1v) is 9.89. The van der Waals surface area contributed by atoms with Gasteiger partial charge >= 0.3 is 0 Å². The first-order chi connectivity index (χ1) is 14.2. The molecule has 6 nitrogen and oxygen atoms in total. The summed E-state index contributed by atoms with van der Waals surface area (Å²) in [7, 11) is 1.78. The van der Waals surface area contributed by atoms with E-state index < -0.39 is 0 Å². The minimum absolute atomic E-state index is 0. The molecule has 1 heterocycles. The molecule has 0 saturated carbocycles. The molecule has 0 saturated heterocycles. The molecule has 0 fully saturated rings. The quantitative estimate of drug-likeness (QED) is 0.255. The molecule has 3 rings (SSSR count). The second-order valence-corrected chi connectivity index (χ2v) is 7.04. The smallest absolute Gasteiger partial charge is 0.191 e. The van der Waals surface area contributed by atoms with Crippen molar-refractivity contribution in [2.45, 2.75) is 20.1 Å². The van der Waals surface area contributed by atoms with Gasteiger partial charge in [-0.3, -0.25) is 4.99 Å². The van der Waals surface area contributed by atoms with Crippen molar-refractivity contribution in [1.82, 2.24) is 20.4 Å². The van der Waals surface area contributed by atoms with E-state index in [-0.39, 0.29) is 24.0 Å². The van der Waals surface area contributed by atoms with Gasteiger partial charge in [-0.05, 0) is 23.6 Å². The van der Waals surface area contributed by atoms with Crippen molar-refractivity contribution in [3.05, 3.63) is 84.2 Å². The Kier molecular flexibility index (Phi) is 10.4. The highest BCUT2D eigenvalue weighted by atomic mass is 127. The van der Waals surface area contributed by atoms with Gasteiger partial charge in [-0.1, -0.05) is 55.5 Å². The molecule has 0 aliphatic heterocycles. The molecule has 1 aromatic heterocycles. The van der Waals surface area contributed by atoms with Gasteiger partial charge in [0, 0.05) is 31.9 Å². The zero-order valence-electron chi connectivity index (χ0n) is 17.5. The summed E-state index contributed by atoms with van der Waals surface area (Å²) in [5.74, 6) is 1.14. The molecule has 2 aromatic carbocycles. The van der Waals surface area contributed by atoms with Crippen LogP contribution >= 0.6 is 24.0 Å². The van der Waals surface area contributed by atoms with Crippen LogP contribution in [0, 0.1) is 5.92 Å². The van der Waals surface area contributed by atoms with E-state index in [1.165, 1.54) is 5.56 Å². The summed E-state index contributed by atoms with van der Waals surface area (Å²) in [6.45, 7) is 4.95. The van der Waals surface area contributed by atoms with Crippen LogP contribution in [0.5, 0.6) is 0 Å². The van der Waals surface area contributed by atoms with Crippen LogP contribution in [0.2, 0.25) is 0 Å². The fraction of sp³-hybridized carbons (Fsp3) is 0.304. The highest BCUT2D eigenvalue weighted by Crippen LogP contribution is 2.07. The van der Waals surface area contributed by atoms with Crippen LogP contribution in [-0.2, 0) is 17.9 Å².